The zero-order valence-corrected chi connectivity index (χ0v) is 12.5. The molecule has 1 fully saturated rings. The van der Waals surface area contributed by atoms with Crippen LogP contribution >= 0.6 is 0 Å². The number of benzene rings is 1. The van der Waals surface area contributed by atoms with Crippen LogP contribution in [0.15, 0.2) is 53.1 Å². The van der Waals surface area contributed by atoms with Crippen LogP contribution < -0.4 is 5.32 Å². The first-order valence-corrected chi connectivity index (χ1v) is 7.64. The van der Waals surface area contributed by atoms with E-state index in [1.165, 1.54) is 18.4 Å². The molecule has 0 aliphatic heterocycles. The molecular weight excluding hydrogens is 262 g/mol. The van der Waals surface area contributed by atoms with Crippen molar-refractivity contribution in [1.29, 1.82) is 0 Å². The zero-order chi connectivity index (χ0) is 14.5. The Bertz CT molecular complexity index is 532. The van der Waals surface area contributed by atoms with Crippen LogP contribution in [0.4, 0.5) is 0 Å². The van der Waals surface area contributed by atoms with E-state index in [1.807, 2.05) is 18.2 Å². The van der Waals surface area contributed by atoms with Crippen LogP contribution in [0, 0.1) is 5.41 Å². The van der Waals surface area contributed by atoms with Gasteiger partial charge in [-0.05, 0) is 42.4 Å². The lowest BCUT2D eigenvalue weighted by atomic mass is 10.00. The average Bonchev–Trinajstić information content (AvgIpc) is 3.09. The maximum Gasteiger partial charge on any atom is 0.125 e. The highest BCUT2D eigenvalue weighted by molar-refractivity contribution is 5.26. The fourth-order valence-corrected chi connectivity index (χ4v) is 2.81. The number of rotatable bonds is 8. The minimum Gasteiger partial charge on any atom is -0.467 e. The predicted molar refractivity (Wildman–Crippen MR) is 83.2 cm³/mol. The summed E-state index contributed by atoms with van der Waals surface area (Å²) in [6.45, 7) is 1.86. The van der Waals surface area contributed by atoms with E-state index in [0.717, 1.165) is 25.3 Å². The lowest BCUT2D eigenvalue weighted by molar-refractivity contribution is 0.170. The van der Waals surface area contributed by atoms with Gasteiger partial charge in [-0.1, -0.05) is 30.3 Å². The van der Waals surface area contributed by atoms with Crippen molar-refractivity contribution in [3.05, 3.63) is 60.1 Å². The predicted octanol–water partition coefficient (Wildman–Crippen LogP) is 3.78. The number of methoxy groups -OCH3 is 1. The summed E-state index contributed by atoms with van der Waals surface area (Å²) in [4.78, 5) is 0. The maximum absolute atomic E-state index is 5.63. The van der Waals surface area contributed by atoms with Gasteiger partial charge in [-0.15, -0.1) is 0 Å². The summed E-state index contributed by atoms with van der Waals surface area (Å²) in [5.74, 6) is 0.976. The molecule has 1 saturated carbocycles. The molecule has 0 saturated heterocycles. The second kappa shape index (κ2) is 6.46. The van der Waals surface area contributed by atoms with Crippen LogP contribution in [0.5, 0.6) is 0 Å². The number of ether oxygens (including phenoxy) is 1. The lowest BCUT2D eigenvalue weighted by Crippen LogP contribution is -2.29. The molecule has 1 aliphatic rings. The van der Waals surface area contributed by atoms with Crippen molar-refractivity contribution in [2.45, 2.75) is 25.3 Å². The summed E-state index contributed by atoms with van der Waals surface area (Å²) in [5.41, 5.74) is 1.67. The van der Waals surface area contributed by atoms with E-state index in [9.17, 15) is 0 Å². The molecule has 0 radical (unpaired) electrons. The number of nitrogens with one attached hydrogen (secondary N) is 1. The summed E-state index contributed by atoms with van der Waals surface area (Å²) in [7, 11) is 1.78. The molecule has 1 heterocycles. The van der Waals surface area contributed by atoms with Gasteiger partial charge >= 0.3 is 0 Å². The number of hydrogen-bond donors (Lipinski definition) is 1. The molecule has 3 nitrogen and oxygen atoms in total. The van der Waals surface area contributed by atoms with Crippen molar-refractivity contribution in [1.82, 2.24) is 5.32 Å². The Morgan fingerprint density at radius 2 is 2.00 bits per heavy atom. The minimum absolute atomic E-state index is 0.126. The van der Waals surface area contributed by atoms with Crippen LogP contribution in [0.2, 0.25) is 0 Å². The molecule has 1 atom stereocenters. The van der Waals surface area contributed by atoms with Crippen LogP contribution in [-0.4, -0.2) is 20.3 Å². The Balaban J connectivity index is 1.69. The normalized spacial score (nSPS) is 17.6. The highest BCUT2D eigenvalue weighted by atomic mass is 16.5. The minimum atomic E-state index is 0.126. The first-order valence-electron chi connectivity index (χ1n) is 7.64. The Labute approximate surface area is 126 Å². The molecule has 112 valence electrons. The zero-order valence-electron chi connectivity index (χ0n) is 12.5. The van der Waals surface area contributed by atoms with Gasteiger partial charge in [0.2, 0.25) is 0 Å². The first-order chi connectivity index (χ1) is 10.3. The van der Waals surface area contributed by atoms with E-state index < -0.39 is 0 Å². The topological polar surface area (TPSA) is 34.4 Å². The molecule has 1 aliphatic carbocycles. The van der Waals surface area contributed by atoms with Gasteiger partial charge in [0.25, 0.3) is 0 Å². The molecule has 0 amide bonds. The van der Waals surface area contributed by atoms with Gasteiger partial charge < -0.3 is 14.5 Å². The van der Waals surface area contributed by atoms with E-state index in [0.29, 0.717) is 5.41 Å². The average molecular weight is 285 g/mol. The molecule has 1 N–H and O–H groups in total. The van der Waals surface area contributed by atoms with Crippen LogP contribution in [0.25, 0.3) is 0 Å². The van der Waals surface area contributed by atoms with E-state index >= 15 is 0 Å². The second-order valence-corrected chi connectivity index (χ2v) is 5.98. The Kier molecular flexibility index (Phi) is 4.42. The Morgan fingerprint density at radius 1 is 1.19 bits per heavy atom. The highest BCUT2D eigenvalue weighted by Gasteiger charge is 2.42. The van der Waals surface area contributed by atoms with Gasteiger partial charge in [0, 0.05) is 20.3 Å². The summed E-state index contributed by atoms with van der Waals surface area (Å²) < 4.78 is 10.9. The smallest absolute Gasteiger partial charge is 0.125 e. The van der Waals surface area contributed by atoms with Crippen LogP contribution in [0.1, 0.15) is 36.6 Å². The molecule has 1 unspecified atom stereocenters. The van der Waals surface area contributed by atoms with Crippen molar-refractivity contribution in [2.24, 2.45) is 5.41 Å². The van der Waals surface area contributed by atoms with E-state index in [4.69, 9.17) is 9.15 Å². The van der Waals surface area contributed by atoms with Crippen LogP contribution in [-0.2, 0) is 4.74 Å². The third kappa shape index (κ3) is 3.55. The van der Waals surface area contributed by atoms with Crippen molar-refractivity contribution in [2.75, 3.05) is 20.3 Å². The standard InChI is InChI=1S/C18H23NO2/c1-20-13-11-18(9-10-18)14-19-17(16-8-5-12-21-16)15-6-3-2-4-7-15/h2-8,12,17,19H,9-11,13-14H2,1H3. The third-order valence-corrected chi connectivity index (χ3v) is 4.44. The van der Waals surface area contributed by atoms with Gasteiger partial charge in [0.05, 0.1) is 12.3 Å². The summed E-state index contributed by atoms with van der Waals surface area (Å²) >= 11 is 0. The lowest BCUT2D eigenvalue weighted by Gasteiger charge is -2.22. The fraction of sp³-hybridized carbons (Fsp3) is 0.444. The monoisotopic (exact) mass is 285 g/mol. The maximum atomic E-state index is 5.63. The molecule has 3 heteroatoms. The number of furan rings is 1. The summed E-state index contributed by atoms with van der Waals surface area (Å²) in [6.07, 6.45) is 5.47. The highest BCUT2D eigenvalue weighted by Crippen LogP contribution is 2.48. The molecule has 1 aromatic carbocycles. The molecule has 1 aromatic heterocycles. The molecule has 2 aromatic rings. The largest absolute Gasteiger partial charge is 0.467 e. The first kappa shape index (κ1) is 14.4. The van der Waals surface area contributed by atoms with Crippen molar-refractivity contribution < 1.29 is 9.15 Å². The molecule has 0 bridgehead atoms. The van der Waals surface area contributed by atoms with Crippen molar-refractivity contribution >= 4 is 0 Å². The molecule has 0 spiro atoms. The number of hydrogen-bond acceptors (Lipinski definition) is 3. The van der Waals surface area contributed by atoms with Gasteiger partial charge in [-0.3, -0.25) is 0 Å². The third-order valence-electron chi connectivity index (χ3n) is 4.44. The van der Waals surface area contributed by atoms with Gasteiger partial charge in [-0.2, -0.15) is 0 Å². The summed E-state index contributed by atoms with van der Waals surface area (Å²) in [5, 5.41) is 3.70. The molecular formula is C18H23NO2. The molecule has 21 heavy (non-hydrogen) atoms. The van der Waals surface area contributed by atoms with E-state index in [2.05, 4.69) is 29.6 Å². The summed E-state index contributed by atoms with van der Waals surface area (Å²) in [6, 6.07) is 14.6. The van der Waals surface area contributed by atoms with Crippen LogP contribution in [0.3, 0.4) is 0 Å². The SMILES string of the molecule is COCCC1(CNC(c2ccccc2)c2ccco2)CC1. The van der Waals surface area contributed by atoms with Crippen molar-refractivity contribution in [3.63, 3.8) is 0 Å². The van der Waals surface area contributed by atoms with E-state index in [-0.39, 0.29) is 6.04 Å². The van der Waals surface area contributed by atoms with Crippen molar-refractivity contribution in [3.8, 4) is 0 Å². The Hall–Kier alpha value is -1.58. The Morgan fingerprint density at radius 3 is 2.62 bits per heavy atom. The molecule has 3 rings (SSSR count). The second-order valence-electron chi connectivity index (χ2n) is 5.98. The van der Waals surface area contributed by atoms with E-state index in [1.54, 1.807) is 13.4 Å². The fourth-order valence-electron chi connectivity index (χ4n) is 2.81. The van der Waals surface area contributed by atoms with Gasteiger partial charge in [0.1, 0.15) is 5.76 Å². The van der Waals surface area contributed by atoms with Gasteiger partial charge in [0.15, 0.2) is 0 Å². The van der Waals surface area contributed by atoms with Gasteiger partial charge in [-0.25, -0.2) is 0 Å². The quantitative estimate of drug-likeness (QED) is 0.801.